The molecule has 1 aliphatic carbocycles. The number of benzene rings is 9. The van der Waals surface area contributed by atoms with Gasteiger partial charge in [0.2, 0.25) is 0 Å². The number of hydrogen-bond donors (Lipinski definition) is 1. The molecule has 0 fully saturated rings. The van der Waals surface area contributed by atoms with E-state index in [0.717, 1.165) is 83.5 Å². The van der Waals surface area contributed by atoms with Crippen molar-refractivity contribution >= 4 is 33.1 Å². The molecular formula is C60H41N3O. The number of pyridine rings is 1. The van der Waals surface area contributed by atoms with E-state index in [0.29, 0.717) is 12.2 Å². The van der Waals surface area contributed by atoms with Crippen molar-refractivity contribution in [2.75, 3.05) is 0 Å². The summed E-state index contributed by atoms with van der Waals surface area (Å²) in [6.45, 7) is 0.531. The minimum absolute atomic E-state index is 0.531. The predicted octanol–water partition coefficient (Wildman–Crippen LogP) is 14.2. The number of nitrogens with two attached hydrogens (primary N) is 1. The van der Waals surface area contributed by atoms with Gasteiger partial charge in [-0.05, 0) is 74.3 Å². The predicted molar refractivity (Wildman–Crippen MR) is 263 cm³/mol. The van der Waals surface area contributed by atoms with Crippen molar-refractivity contribution in [3.63, 3.8) is 0 Å². The van der Waals surface area contributed by atoms with Crippen LogP contribution in [-0.2, 0) is 12.0 Å². The summed E-state index contributed by atoms with van der Waals surface area (Å²) in [7, 11) is 0. The molecular weight excluding hydrogens is 779 g/mol. The molecule has 0 amide bonds. The Labute approximate surface area is 372 Å². The molecule has 0 saturated heterocycles. The van der Waals surface area contributed by atoms with Crippen LogP contribution < -0.4 is 10.5 Å². The molecule has 1 aromatic heterocycles. The van der Waals surface area contributed by atoms with Crippen LogP contribution >= 0.6 is 0 Å². The number of aliphatic imine (C=N–C) groups is 1. The van der Waals surface area contributed by atoms with E-state index < -0.39 is 5.41 Å². The minimum Gasteiger partial charge on any atom is -0.456 e. The summed E-state index contributed by atoms with van der Waals surface area (Å²) in [5, 5.41) is 3.09. The summed E-state index contributed by atoms with van der Waals surface area (Å²) < 4.78 is 7.17. The lowest BCUT2D eigenvalue weighted by molar-refractivity contribution is 0.442. The van der Waals surface area contributed by atoms with Gasteiger partial charge in [-0.25, -0.2) is 4.98 Å². The van der Waals surface area contributed by atoms with Crippen molar-refractivity contribution in [2.24, 2.45) is 10.7 Å². The third-order valence-corrected chi connectivity index (χ3v) is 13.0. The number of hydrogen-bond acceptors (Lipinski definition) is 4. The SMILES string of the molecule is N/C(=C\C(=NCc1ccccc1)c1ccc(-c2ccccc2)cc1)c1cccc(-c2nc3ccccc3c3c4c(ccc23)C2(c3ccccc3O4)c3ccccc3-c3ccccc32)c1. The van der Waals surface area contributed by atoms with E-state index in [1.54, 1.807) is 0 Å². The number of rotatable bonds is 7. The molecule has 4 nitrogen and oxygen atoms in total. The zero-order chi connectivity index (χ0) is 42.6. The molecule has 2 N–H and O–H groups in total. The highest BCUT2D eigenvalue weighted by Gasteiger charge is 2.51. The van der Waals surface area contributed by atoms with Gasteiger partial charge in [0, 0.05) is 38.5 Å². The zero-order valence-corrected chi connectivity index (χ0v) is 34.9. The third-order valence-electron chi connectivity index (χ3n) is 13.0. The van der Waals surface area contributed by atoms with E-state index in [1.807, 2.05) is 30.3 Å². The van der Waals surface area contributed by atoms with E-state index in [2.05, 4.69) is 194 Å². The maximum absolute atomic E-state index is 7.17. The molecule has 0 radical (unpaired) electrons. The molecule has 10 aromatic rings. The lowest BCUT2D eigenvalue weighted by Crippen LogP contribution is -2.32. The van der Waals surface area contributed by atoms with Crippen LogP contribution in [0.25, 0.3) is 60.9 Å². The molecule has 0 atom stereocenters. The molecule has 1 spiro atoms. The van der Waals surface area contributed by atoms with Crippen LogP contribution in [0.15, 0.2) is 229 Å². The van der Waals surface area contributed by atoms with Crippen LogP contribution in [0.4, 0.5) is 0 Å². The number of ether oxygens (including phenoxy) is 1. The Kier molecular flexibility index (Phi) is 8.91. The number of aromatic nitrogens is 1. The Balaban J connectivity index is 1.01. The summed E-state index contributed by atoms with van der Waals surface area (Å²) in [6.07, 6.45) is 2.00. The van der Waals surface area contributed by atoms with Gasteiger partial charge >= 0.3 is 0 Å². The summed E-state index contributed by atoms with van der Waals surface area (Å²) in [5.74, 6) is 1.71. The molecule has 0 saturated carbocycles. The van der Waals surface area contributed by atoms with Crippen LogP contribution in [-0.4, -0.2) is 10.7 Å². The summed E-state index contributed by atoms with van der Waals surface area (Å²) in [5.41, 5.74) is 23.3. The minimum atomic E-state index is -0.573. The van der Waals surface area contributed by atoms with Gasteiger partial charge in [0.05, 0.1) is 28.9 Å². The second-order valence-electron chi connectivity index (χ2n) is 16.6. The number of nitrogens with zero attached hydrogens (tertiary/aromatic N) is 2. The van der Waals surface area contributed by atoms with Crippen LogP contribution in [0, 0.1) is 0 Å². The number of allylic oxidation sites excluding steroid dienone is 1. The normalized spacial score (nSPS) is 13.6. The molecule has 12 rings (SSSR count). The second-order valence-corrected chi connectivity index (χ2v) is 16.6. The topological polar surface area (TPSA) is 60.5 Å². The van der Waals surface area contributed by atoms with Crippen molar-refractivity contribution in [3.05, 3.63) is 263 Å². The fraction of sp³-hybridized carbons (Fsp3) is 0.0333. The van der Waals surface area contributed by atoms with Gasteiger partial charge in [0.25, 0.3) is 0 Å². The first-order valence-electron chi connectivity index (χ1n) is 21.8. The van der Waals surface area contributed by atoms with E-state index in [1.165, 1.54) is 27.8 Å². The maximum Gasteiger partial charge on any atom is 0.140 e. The van der Waals surface area contributed by atoms with E-state index in [9.17, 15) is 0 Å². The smallest absolute Gasteiger partial charge is 0.140 e. The van der Waals surface area contributed by atoms with E-state index in [-0.39, 0.29) is 0 Å². The Morgan fingerprint density at radius 3 is 1.91 bits per heavy atom. The maximum atomic E-state index is 7.17. The van der Waals surface area contributed by atoms with Crippen LogP contribution in [0.2, 0.25) is 0 Å². The van der Waals surface area contributed by atoms with E-state index >= 15 is 0 Å². The Hall–Kier alpha value is -8.34. The van der Waals surface area contributed by atoms with Crippen LogP contribution in [0.1, 0.15) is 38.9 Å². The molecule has 1 aliphatic heterocycles. The highest BCUT2D eigenvalue weighted by Crippen LogP contribution is 2.63. The average molecular weight is 820 g/mol. The lowest BCUT2D eigenvalue weighted by Gasteiger charge is -2.40. The number of para-hydroxylation sites is 2. The van der Waals surface area contributed by atoms with Crippen molar-refractivity contribution < 1.29 is 4.74 Å². The van der Waals surface area contributed by atoms with Gasteiger partial charge in [-0.1, -0.05) is 200 Å². The summed E-state index contributed by atoms with van der Waals surface area (Å²) in [6, 6.07) is 76.9. The molecule has 0 unspecified atom stereocenters. The standard InChI is InChI=1S/C60H41N3O/c61-53(37-55(62-38-39-16-3-1-4-17-39)42-32-30-41(31-33-42)40-18-5-2-6-19-40)43-20-15-21-44(36-43)58-48-34-35-52-59(57(48)47-24-9-13-28-54(47)63-58)64-56-29-14-12-27-51(56)60(52)49-25-10-7-22-45(49)46-23-8-11-26-50(46)60/h1-37H,38,61H2/b53-37-,62-55?. The molecule has 0 bridgehead atoms. The fourth-order valence-electron chi connectivity index (χ4n) is 10.1. The molecule has 64 heavy (non-hydrogen) atoms. The summed E-state index contributed by atoms with van der Waals surface area (Å²) >= 11 is 0. The van der Waals surface area contributed by atoms with Gasteiger partial charge in [-0.3, -0.25) is 4.99 Å². The molecule has 2 heterocycles. The fourth-order valence-corrected chi connectivity index (χ4v) is 10.1. The first-order chi connectivity index (χ1) is 31.6. The van der Waals surface area contributed by atoms with Gasteiger partial charge in [0.15, 0.2) is 0 Å². The quantitative estimate of drug-likeness (QED) is 0.129. The van der Waals surface area contributed by atoms with E-state index in [4.69, 9.17) is 20.4 Å². The Bertz CT molecular complexity index is 3450. The van der Waals surface area contributed by atoms with Crippen molar-refractivity contribution in [2.45, 2.75) is 12.0 Å². The number of fused-ring (bicyclic) bond motifs is 13. The molecule has 4 heteroatoms. The average Bonchev–Trinajstić information content (AvgIpc) is 3.66. The molecule has 2 aliphatic rings. The Morgan fingerprint density at radius 1 is 0.516 bits per heavy atom. The van der Waals surface area contributed by atoms with Gasteiger partial charge in [-0.2, -0.15) is 0 Å². The van der Waals surface area contributed by atoms with Crippen LogP contribution in [0.5, 0.6) is 11.5 Å². The first kappa shape index (κ1) is 37.4. The largest absolute Gasteiger partial charge is 0.456 e. The highest BCUT2D eigenvalue weighted by molar-refractivity contribution is 6.15. The van der Waals surface area contributed by atoms with Crippen LogP contribution in [0.3, 0.4) is 0 Å². The van der Waals surface area contributed by atoms with Crippen molar-refractivity contribution in [1.82, 2.24) is 4.98 Å². The second kappa shape index (κ2) is 15.2. The zero-order valence-electron chi connectivity index (χ0n) is 34.9. The van der Waals surface area contributed by atoms with Gasteiger partial charge in [0.1, 0.15) is 11.5 Å². The lowest BCUT2D eigenvalue weighted by atomic mass is 9.65. The molecule has 302 valence electrons. The summed E-state index contributed by atoms with van der Waals surface area (Å²) in [4.78, 5) is 10.5. The Morgan fingerprint density at radius 2 is 1.14 bits per heavy atom. The molecule has 9 aromatic carbocycles. The third kappa shape index (κ3) is 5.99. The van der Waals surface area contributed by atoms with Crippen molar-refractivity contribution in [1.29, 1.82) is 0 Å². The van der Waals surface area contributed by atoms with Gasteiger partial charge < -0.3 is 10.5 Å². The highest BCUT2D eigenvalue weighted by atomic mass is 16.5. The van der Waals surface area contributed by atoms with Crippen molar-refractivity contribution in [3.8, 4) is 45.0 Å². The monoisotopic (exact) mass is 819 g/mol. The first-order valence-corrected chi connectivity index (χ1v) is 21.8. The van der Waals surface area contributed by atoms with Gasteiger partial charge in [-0.15, -0.1) is 0 Å².